The SMILES string of the molecule is Cc1ccc(N2C(=O)[C@@H](N)[C@H]2c2cccc(Cl)c2)cc1C. The fourth-order valence-corrected chi connectivity index (χ4v) is 2.92. The van der Waals surface area contributed by atoms with Gasteiger partial charge < -0.3 is 10.6 Å². The van der Waals surface area contributed by atoms with Crippen LogP contribution in [0.3, 0.4) is 0 Å². The van der Waals surface area contributed by atoms with Gasteiger partial charge in [0.2, 0.25) is 5.91 Å². The van der Waals surface area contributed by atoms with Crippen molar-refractivity contribution in [2.75, 3.05) is 4.90 Å². The second-order valence-corrected chi connectivity index (χ2v) is 5.94. The Balaban J connectivity index is 2.00. The lowest BCUT2D eigenvalue weighted by molar-refractivity contribution is -0.126. The highest BCUT2D eigenvalue weighted by Gasteiger charge is 2.46. The summed E-state index contributed by atoms with van der Waals surface area (Å²) in [7, 11) is 0. The van der Waals surface area contributed by atoms with Crippen molar-refractivity contribution in [1.82, 2.24) is 0 Å². The molecule has 21 heavy (non-hydrogen) atoms. The number of carbonyl (C=O) groups excluding carboxylic acids is 1. The van der Waals surface area contributed by atoms with Crippen molar-refractivity contribution >= 4 is 23.2 Å². The van der Waals surface area contributed by atoms with Gasteiger partial charge in [0, 0.05) is 10.7 Å². The molecule has 3 nitrogen and oxygen atoms in total. The summed E-state index contributed by atoms with van der Waals surface area (Å²) in [5.74, 6) is -0.0526. The first kappa shape index (κ1) is 14.1. The molecule has 1 fully saturated rings. The molecular formula is C17H17ClN2O. The number of benzene rings is 2. The molecule has 0 unspecified atom stereocenters. The normalized spacial score (nSPS) is 21.3. The molecule has 0 aliphatic carbocycles. The lowest BCUT2D eigenvalue weighted by Crippen LogP contribution is -2.63. The van der Waals surface area contributed by atoms with Gasteiger partial charge in [0.15, 0.2) is 0 Å². The van der Waals surface area contributed by atoms with Crippen molar-refractivity contribution in [3.05, 3.63) is 64.2 Å². The predicted molar refractivity (Wildman–Crippen MR) is 85.6 cm³/mol. The van der Waals surface area contributed by atoms with E-state index in [1.807, 2.05) is 49.4 Å². The Kier molecular flexibility index (Phi) is 3.47. The molecule has 2 aromatic carbocycles. The van der Waals surface area contributed by atoms with Gasteiger partial charge >= 0.3 is 0 Å². The van der Waals surface area contributed by atoms with Crippen molar-refractivity contribution in [3.63, 3.8) is 0 Å². The van der Waals surface area contributed by atoms with E-state index in [-0.39, 0.29) is 11.9 Å². The number of carbonyl (C=O) groups is 1. The summed E-state index contributed by atoms with van der Waals surface area (Å²) in [6, 6.07) is 12.9. The molecule has 4 heteroatoms. The summed E-state index contributed by atoms with van der Waals surface area (Å²) in [4.78, 5) is 13.9. The van der Waals surface area contributed by atoms with E-state index in [1.54, 1.807) is 4.90 Å². The van der Waals surface area contributed by atoms with Crippen molar-refractivity contribution in [2.45, 2.75) is 25.9 Å². The van der Waals surface area contributed by atoms with Gasteiger partial charge in [0.25, 0.3) is 0 Å². The molecule has 0 radical (unpaired) electrons. The monoisotopic (exact) mass is 300 g/mol. The Morgan fingerprint density at radius 2 is 1.86 bits per heavy atom. The third kappa shape index (κ3) is 2.33. The molecule has 2 N–H and O–H groups in total. The maximum absolute atomic E-state index is 12.2. The number of nitrogens with zero attached hydrogens (tertiary/aromatic N) is 1. The fourth-order valence-electron chi connectivity index (χ4n) is 2.72. The quantitative estimate of drug-likeness (QED) is 0.864. The highest BCUT2D eigenvalue weighted by Crippen LogP contribution is 2.39. The minimum absolute atomic E-state index is 0.0526. The van der Waals surface area contributed by atoms with E-state index in [2.05, 4.69) is 6.92 Å². The Labute approximate surface area is 129 Å². The van der Waals surface area contributed by atoms with Crippen molar-refractivity contribution in [2.24, 2.45) is 5.73 Å². The summed E-state index contributed by atoms with van der Waals surface area (Å²) < 4.78 is 0. The molecule has 2 aromatic rings. The zero-order valence-electron chi connectivity index (χ0n) is 12.0. The van der Waals surface area contributed by atoms with Crippen molar-refractivity contribution < 1.29 is 4.79 Å². The van der Waals surface area contributed by atoms with Crippen LogP contribution >= 0.6 is 11.6 Å². The van der Waals surface area contributed by atoms with Crippen molar-refractivity contribution in [1.29, 1.82) is 0 Å². The molecule has 108 valence electrons. The van der Waals surface area contributed by atoms with Crippen LogP contribution in [0.1, 0.15) is 22.7 Å². The van der Waals surface area contributed by atoms with Crippen LogP contribution in [0.4, 0.5) is 5.69 Å². The Hall–Kier alpha value is -1.84. The number of nitrogens with two attached hydrogens (primary N) is 1. The summed E-state index contributed by atoms with van der Waals surface area (Å²) in [6.07, 6.45) is 0. The van der Waals surface area contributed by atoms with Gasteiger partial charge in [-0.3, -0.25) is 4.79 Å². The highest BCUT2D eigenvalue weighted by atomic mass is 35.5. The second-order valence-electron chi connectivity index (χ2n) is 5.50. The fraction of sp³-hybridized carbons (Fsp3) is 0.235. The van der Waals surface area contributed by atoms with E-state index in [4.69, 9.17) is 17.3 Å². The van der Waals surface area contributed by atoms with E-state index in [1.165, 1.54) is 5.56 Å². The van der Waals surface area contributed by atoms with Gasteiger partial charge in [-0.2, -0.15) is 0 Å². The molecule has 0 aromatic heterocycles. The first-order valence-corrected chi connectivity index (χ1v) is 7.28. The number of anilines is 1. The van der Waals surface area contributed by atoms with Gasteiger partial charge in [-0.25, -0.2) is 0 Å². The topological polar surface area (TPSA) is 46.3 Å². The average Bonchev–Trinajstić information content (AvgIpc) is 2.46. The van der Waals surface area contributed by atoms with E-state index < -0.39 is 6.04 Å². The zero-order chi connectivity index (χ0) is 15.1. The van der Waals surface area contributed by atoms with Crippen LogP contribution in [0.5, 0.6) is 0 Å². The van der Waals surface area contributed by atoms with Crippen LogP contribution < -0.4 is 10.6 Å². The largest absolute Gasteiger partial charge is 0.318 e. The molecule has 0 spiro atoms. The van der Waals surface area contributed by atoms with Crippen LogP contribution in [0.25, 0.3) is 0 Å². The lowest BCUT2D eigenvalue weighted by Gasteiger charge is -2.45. The number of rotatable bonds is 2. The van der Waals surface area contributed by atoms with Gasteiger partial charge in [0.05, 0.1) is 6.04 Å². The number of aryl methyl sites for hydroxylation is 2. The number of hydrogen-bond donors (Lipinski definition) is 1. The van der Waals surface area contributed by atoms with E-state index >= 15 is 0 Å². The van der Waals surface area contributed by atoms with E-state index in [0.29, 0.717) is 5.02 Å². The number of amides is 1. The van der Waals surface area contributed by atoms with E-state index in [9.17, 15) is 4.79 Å². The molecule has 1 aliphatic rings. The Morgan fingerprint density at radius 3 is 2.52 bits per heavy atom. The summed E-state index contributed by atoms with van der Waals surface area (Å²) in [6.45, 7) is 4.09. The summed E-state index contributed by atoms with van der Waals surface area (Å²) in [5, 5.41) is 0.652. The van der Waals surface area contributed by atoms with Gasteiger partial charge in [0.1, 0.15) is 6.04 Å². The first-order chi connectivity index (χ1) is 9.99. The minimum atomic E-state index is -0.509. The van der Waals surface area contributed by atoms with E-state index in [0.717, 1.165) is 16.8 Å². The molecule has 0 bridgehead atoms. The summed E-state index contributed by atoms with van der Waals surface area (Å²) in [5.41, 5.74) is 10.2. The molecule has 1 amide bonds. The minimum Gasteiger partial charge on any atom is -0.318 e. The predicted octanol–water partition coefficient (Wildman–Crippen LogP) is 3.37. The molecular weight excluding hydrogens is 284 g/mol. The molecule has 0 saturated carbocycles. The zero-order valence-corrected chi connectivity index (χ0v) is 12.8. The van der Waals surface area contributed by atoms with Gasteiger partial charge in [-0.1, -0.05) is 29.8 Å². The third-order valence-electron chi connectivity index (χ3n) is 4.10. The smallest absolute Gasteiger partial charge is 0.247 e. The van der Waals surface area contributed by atoms with Crippen LogP contribution in [0.15, 0.2) is 42.5 Å². The molecule has 2 atom stereocenters. The standard InChI is InChI=1S/C17H17ClN2O/c1-10-6-7-14(8-11(10)2)20-16(15(19)17(20)21)12-4-3-5-13(18)9-12/h3-9,15-16H,19H2,1-2H3/t15-,16+/m0/s1. The second kappa shape index (κ2) is 5.17. The van der Waals surface area contributed by atoms with Crippen LogP contribution in [-0.4, -0.2) is 11.9 Å². The number of halogens is 1. The molecule has 1 aliphatic heterocycles. The maximum Gasteiger partial charge on any atom is 0.247 e. The van der Waals surface area contributed by atoms with Crippen LogP contribution in [0.2, 0.25) is 5.02 Å². The first-order valence-electron chi connectivity index (χ1n) is 6.90. The third-order valence-corrected chi connectivity index (χ3v) is 4.33. The Bertz CT molecular complexity index is 714. The molecule has 3 rings (SSSR count). The highest BCUT2D eigenvalue weighted by molar-refractivity contribution is 6.30. The Morgan fingerprint density at radius 1 is 1.10 bits per heavy atom. The van der Waals surface area contributed by atoms with Crippen molar-refractivity contribution in [3.8, 4) is 0 Å². The summed E-state index contributed by atoms with van der Waals surface area (Å²) >= 11 is 6.05. The lowest BCUT2D eigenvalue weighted by atomic mass is 9.88. The number of β-lactam (4-membered cyclic amide) rings is 1. The maximum atomic E-state index is 12.2. The van der Waals surface area contributed by atoms with Gasteiger partial charge in [-0.05, 0) is 54.8 Å². The molecule has 1 heterocycles. The van der Waals surface area contributed by atoms with Crippen LogP contribution in [0, 0.1) is 13.8 Å². The molecule has 1 saturated heterocycles. The van der Waals surface area contributed by atoms with Crippen LogP contribution in [-0.2, 0) is 4.79 Å². The van der Waals surface area contributed by atoms with Gasteiger partial charge in [-0.15, -0.1) is 0 Å². The average molecular weight is 301 g/mol. The number of hydrogen-bond acceptors (Lipinski definition) is 2.